The van der Waals surface area contributed by atoms with Crippen LogP contribution in [0.5, 0.6) is 0 Å². The standard InChI is InChI=1S/C17H12O2/c1-3-16(18)11-9-14-7-5-6-8-15(13-14)10-12-17(19)4-2/h1-2,5-12H,13H2/b11-9+,12-10+. The van der Waals surface area contributed by atoms with Crippen LogP contribution in [0.25, 0.3) is 0 Å². The Bertz CT molecular complexity index is 555. The minimum absolute atomic E-state index is 0.377. The first-order chi connectivity index (χ1) is 9.15. The van der Waals surface area contributed by atoms with Crippen LogP contribution >= 0.6 is 0 Å². The summed E-state index contributed by atoms with van der Waals surface area (Å²) in [7, 11) is 0. The molecule has 0 N–H and O–H groups in total. The molecule has 0 spiro atoms. The van der Waals surface area contributed by atoms with Crippen molar-refractivity contribution in [1.82, 2.24) is 0 Å². The summed E-state index contributed by atoms with van der Waals surface area (Å²) in [4.78, 5) is 22.0. The second-order valence-corrected chi connectivity index (χ2v) is 3.73. The molecule has 2 nitrogen and oxygen atoms in total. The molecule has 19 heavy (non-hydrogen) atoms. The molecule has 2 heteroatoms. The number of hydrogen-bond donors (Lipinski definition) is 0. The number of terminal acetylenes is 2. The van der Waals surface area contributed by atoms with Crippen LogP contribution in [-0.2, 0) is 9.59 Å². The second-order valence-electron chi connectivity index (χ2n) is 3.73. The Labute approximate surface area is 112 Å². The van der Waals surface area contributed by atoms with Gasteiger partial charge in [0, 0.05) is 0 Å². The number of allylic oxidation sites excluding steroid dienone is 10. The fourth-order valence-corrected chi connectivity index (χ4v) is 1.40. The molecule has 0 aromatic heterocycles. The summed E-state index contributed by atoms with van der Waals surface area (Å²) >= 11 is 0. The Morgan fingerprint density at radius 1 is 0.947 bits per heavy atom. The highest BCUT2D eigenvalue weighted by Crippen LogP contribution is 2.17. The Kier molecular flexibility index (Phi) is 5.60. The maximum atomic E-state index is 11.0. The van der Waals surface area contributed by atoms with E-state index in [4.69, 9.17) is 12.8 Å². The molecule has 0 heterocycles. The van der Waals surface area contributed by atoms with Crippen LogP contribution in [-0.4, -0.2) is 11.6 Å². The van der Waals surface area contributed by atoms with E-state index in [1.807, 2.05) is 36.1 Å². The maximum absolute atomic E-state index is 11.0. The normalized spacial score (nSPS) is 14.4. The Hall–Kier alpha value is -2.84. The van der Waals surface area contributed by atoms with Gasteiger partial charge in [-0.2, -0.15) is 0 Å². The molecule has 0 atom stereocenters. The van der Waals surface area contributed by atoms with Gasteiger partial charge in [-0.15, -0.1) is 12.8 Å². The van der Waals surface area contributed by atoms with Gasteiger partial charge in [-0.3, -0.25) is 9.59 Å². The molecule has 1 aliphatic carbocycles. The molecule has 0 fully saturated rings. The average molecular weight is 248 g/mol. The predicted molar refractivity (Wildman–Crippen MR) is 75.9 cm³/mol. The first kappa shape index (κ1) is 14.2. The highest BCUT2D eigenvalue weighted by molar-refractivity contribution is 6.04. The van der Waals surface area contributed by atoms with Crippen molar-refractivity contribution in [2.45, 2.75) is 6.42 Å². The van der Waals surface area contributed by atoms with Crippen molar-refractivity contribution in [3.63, 3.8) is 0 Å². The summed E-state index contributed by atoms with van der Waals surface area (Å²) in [6.07, 6.45) is 24.0. The molecule has 0 unspecified atom stereocenters. The van der Waals surface area contributed by atoms with Crippen molar-refractivity contribution in [3.05, 3.63) is 59.8 Å². The fourth-order valence-electron chi connectivity index (χ4n) is 1.40. The van der Waals surface area contributed by atoms with Gasteiger partial charge in [0.05, 0.1) is 0 Å². The smallest absolute Gasteiger partial charge is 0.228 e. The molecule has 1 rings (SSSR count). The van der Waals surface area contributed by atoms with Crippen LogP contribution < -0.4 is 0 Å². The van der Waals surface area contributed by atoms with E-state index in [0.717, 1.165) is 11.1 Å². The van der Waals surface area contributed by atoms with Gasteiger partial charge < -0.3 is 0 Å². The third kappa shape index (κ3) is 5.35. The Morgan fingerprint density at radius 2 is 1.37 bits per heavy atom. The molecule has 0 saturated heterocycles. The van der Waals surface area contributed by atoms with Gasteiger partial charge in [0.1, 0.15) is 0 Å². The second kappa shape index (κ2) is 7.48. The summed E-state index contributed by atoms with van der Waals surface area (Å²) in [6.45, 7) is 0. The quantitative estimate of drug-likeness (QED) is 0.434. The minimum Gasteiger partial charge on any atom is -0.280 e. The predicted octanol–water partition coefficient (Wildman–Crippen LogP) is 2.32. The van der Waals surface area contributed by atoms with Crippen molar-refractivity contribution >= 4 is 11.6 Å². The van der Waals surface area contributed by atoms with Gasteiger partial charge >= 0.3 is 0 Å². The molecule has 0 radical (unpaired) electrons. The summed E-state index contributed by atoms with van der Waals surface area (Å²) < 4.78 is 0. The van der Waals surface area contributed by atoms with E-state index in [9.17, 15) is 9.59 Å². The third-order valence-corrected chi connectivity index (χ3v) is 2.32. The molecule has 92 valence electrons. The fraction of sp³-hybridized carbons (Fsp3) is 0.0588. The monoisotopic (exact) mass is 248 g/mol. The first-order valence-corrected chi connectivity index (χ1v) is 5.59. The van der Waals surface area contributed by atoms with E-state index >= 15 is 0 Å². The van der Waals surface area contributed by atoms with E-state index < -0.39 is 0 Å². The number of hydrogen-bond acceptors (Lipinski definition) is 2. The number of ketones is 2. The molecule has 0 aromatic rings. The van der Waals surface area contributed by atoms with Crippen molar-refractivity contribution < 1.29 is 9.59 Å². The van der Waals surface area contributed by atoms with E-state index in [1.165, 1.54) is 12.2 Å². The molecule has 1 aliphatic rings. The lowest BCUT2D eigenvalue weighted by Gasteiger charge is -2.00. The summed E-state index contributed by atoms with van der Waals surface area (Å²) in [5.41, 5.74) is 1.84. The SMILES string of the molecule is C#CC(=O)/C=C/C1=CC=CC=C(/C=C/C(=O)C#C)C1. The lowest BCUT2D eigenvalue weighted by atomic mass is 10.0. The lowest BCUT2D eigenvalue weighted by Crippen LogP contribution is -1.89. The van der Waals surface area contributed by atoms with Gasteiger partial charge in [-0.1, -0.05) is 36.5 Å². The van der Waals surface area contributed by atoms with Crippen LogP contribution in [0.3, 0.4) is 0 Å². The van der Waals surface area contributed by atoms with Gasteiger partial charge in [-0.25, -0.2) is 0 Å². The Balaban J connectivity index is 2.79. The van der Waals surface area contributed by atoms with Crippen LogP contribution in [0, 0.1) is 24.7 Å². The average Bonchev–Trinajstić information content (AvgIpc) is 2.67. The highest BCUT2D eigenvalue weighted by atomic mass is 16.1. The van der Waals surface area contributed by atoms with Gasteiger partial charge in [0.25, 0.3) is 0 Å². The summed E-state index contributed by atoms with van der Waals surface area (Å²) in [5.74, 6) is 3.27. The zero-order valence-electron chi connectivity index (χ0n) is 10.3. The zero-order valence-corrected chi connectivity index (χ0v) is 10.3. The van der Waals surface area contributed by atoms with Crippen molar-refractivity contribution in [3.8, 4) is 24.7 Å². The van der Waals surface area contributed by atoms with Crippen LogP contribution in [0.4, 0.5) is 0 Å². The Morgan fingerprint density at radius 3 is 1.74 bits per heavy atom. The minimum atomic E-state index is -0.377. The van der Waals surface area contributed by atoms with Crippen LogP contribution in [0.2, 0.25) is 0 Å². The van der Waals surface area contributed by atoms with Crippen molar-refractivity contribution in [2.75, 3.05) is 0 Å². The summed E-state index contributed by atoms with van der Waals surface area (Å²) in [6, 6.07) is 0. The topological polar surface area (TPSA) is 34.1 Å². The molecule has 0 amide bonds. The number of carbonyl (C=O) groups excluding carboxylic acids is 2. The lowest BCUT2D eigenvalue weighted by molar-refractivity contribution is -0.110. The van der Waals surface area contributed by atoms with Gasteiger partial charge in [-0.05, 0) is 41.6 Å². The number of rotatable bonds is 4. The zero-order chi connectivity index (χ0) is 14.1. The van der Waals surface area contributed by atoms with E-state index in [1.54, 1.807) is 12.2 Å². The van der Waals surface area contributed by atoms with E-state index in [-0.39, 0.29) is 11.6 Å². The largest absolute Gasteiger partial charge is 0.280 e. The molecule has 0 saturated carbocycles. The van der Waals surface area contributed by atoms with Crippen LogP contribution in [0.1, 0.15) is 6.42 Å². The molecule has 0 aromatic carbocycles. The maximum Gasteiger partial charge on any atom is 0.228 e. The van der Waals surface area contributed by atoms with Crippen molar-refractivity contribution in [2.24, 2.45) is 0 Å². The van der Waals surface area contributed by atoms with Crippen LogP contribution in [0.15, 0.2) is 59.8 Å². The first-order valence-electron chi connectivity index (χ1n) is 5.59. The molecule has 0 bridgehead atoms. The van der Waals surface area contributed by atoms with Gasteiger partial charge in [0.2, 0.25) is 11.6 Å². The third-order valence-electron chi connectivity index (χ3n) is 2.32. The van der Waals surface area contributed by atoms with Gasteiger partial charge in [0.15, 0.2) is 0 Å². The highest BCUT2D eigenvalue weighted by Gasteiger charge is 2.00. The van der Waals surface area contributed by atoms with E-state index in [0.29, 0.717) is 6.42 Å². The molecule has 0 aliphatic heterocycles. The molecular weight excluding hydrogens is 236 g/mol. The van der Waals surface area contributed by atoms with E-state index in [2.05, 4.69) is 0 Å². The van der Waals surface area contributed by atoms with Crippen molar-refractivity contribution in [1.29, 1.82) is 0 Å². The summed E-state index contributed by atoms with van der Waals surface area (Å²) in [5, 5.41) is 0. The number of carbonyl (C=O) groups is 2. The molecular formula is C17H12O2.